The van der Waals surface area contributed by atoms with Crippen LogP contribution in [-0.2, 0) is 14.4 Å². The maximum atomic E-state index is 14.9. The number of fused-ring (bicyclic) bond motifs is 1. The molecular weight excluding hydrogens is 594 g/mol. The largest absolute Gasteiger partial charge is 0.394 e. The van der Waals surface area contributed by atoms with Crippen LogP contribution >= 0.6 is 23.4 Å². The van der Waals surface area contributed by atoms with E-state index in [0.717, 1.165) is 5.69 Å². The zero-order valence-corrected chi connectivity index (χ0v) is 27.3. The van der Waals surface area contributed by atoms with Crippen molar-refractivity contribution in [1.29, 1.82) is 0 Å². The molecule has 3 fully saturated rings. The van der Waals surface area contributed by atoms with Gasteiger partial charge in [-0.15, -0.1) is 24.9 Å². The molecule has 2 aromatic rings. The van der Waals surface area contributed by atoms with Gasteiger partial charge in [-0.2, -0.15) is 0 Å². The fourth-order valence-electron chi connectivity index (χ4n) is 7.68. The van der Waals surface area contributed by atoms with Gasteiger partial charge in [-0.05, 0) is 68.5 Å². The lowest BCUT2D eigenvalue weighted by atomic mass is 9.66. The summed E-state index contributed by atoms with van der Waals surface area (Å²) in [6, 6.07) is 15.1. The van der Waals surface area contributed by atoms with Crippen molar-refractivity contribution in [3.63, 3.8) is 0 Å². The van der Waals surface area contributed by atoms with Crippen molar-refractivity contribution < 1.29 is 19.5 Å². The third kappa shape index (κ3) is 5.39. The van der Waals surface area contributed by atoms with Crippen molar-refractivity contribution in [2.75, 3.05) is 29.5 Å². The Morgan fingerprint density at radius 2 is 1.61 bits per heavy atom. The van der Waals surface area contributed by atoms with Crippen LogP contribution in [0.3, 0.4) is 0 Å². The number of para-hydroxylation sites is 1. The van der Waals surface area contributed by atoms with Gasteiger partial charge in [0.05, 0.1) is 29.2 Å². The van der Waals surface area contributed by atoms with E-state index in [1.54, 1.807) is 62.9 Å². The first-order chi connectivity index (χ1) is 21.0. The van der Waals surface area contributed by atoms with Gasteiger partial charge >= 0.3 is 0 Å². The lowest BCUT2D eigenvalue weighted by Gasteiger charge is -2.40. The fraction of sp³-hybridized carbons (Fsp3) is 0.457. The van der Waals surface area contributed by atoms with Gasteiger partial charge in [-0.1, -0.05) is 55.8 Å². The van der Waals surface area contributed by atoms with Crippen molar-refractivity contribution >= 4 is 52.5 Å². The molecule has 0 aliphatic carbocycles. The number of aliphatic hydroxyl groups excluding tert-OH is 1. The number of rotatable bonds is 12. The zero-order chi connectivity index (χ0) is 31.8. The number of carbonyl (C=O) groups is 3. The van der Waals surface area contributed by atoms with Crippen LogP contribution in [0.4, 0.5) is 11.4 Å². The van der Waals surface area contributed by atoms with E-state index in [1.165, 1.54) is 0 Å². The summed E-state index contributed by atoms with van der Waals surface area (Å²) in [5.41, 5.74) is 1.39. The first-order valence-electron chi connectivity index (χ1n) is 15.3. The molecule has 1 spiro atoms. The topological polar surface area (TPSA) is 81.2 Å². The van der Waals surface area contributed by atoms with Crippen LogP contribution in [0.2, 0.25) is 5.02 Å². The summed E-state index contributed by atoms with van der Waals surface area (Å²) in [5.74, 6) is -1.77. The molecule has 3 aliphatic heterocycles. The lowest BCUT2D eigenvalue weighted by molar-refractivity contribution is -0.142. The molecule has 2 unspecified atom stereocenters. The molecule has 3 amide bonds. The molecule has 0 saturated carbocycles. The van der Waals surface area contributed by atoms with Gasteiger partial charge in [0.1, 0.15) is 6.04 Å². The number of anilines is 2. The number of aliphatic hydroxyl groups is 1. The van der Waals surface area contributed by atoms with Crippen LogP contribution in [0.1, 0.15) is 40.0 Å². The molecule has 2 bridgehead atoms. The highest BCUT2D eigenvalue weighted by Crippen LogP contribution is 2.72. The number of nitrogens with zero attached hydrogens (tertiary/aromatic N) is 3. The molecule has 3 heterocycles. The van der Waals surface area contributed by atoms with E-state index in [-0.39, 0.29) is 36.8 Å². The van der Waals surface area contributed by atoms with Crippen molar-refractivity contribution in [1.82, 2.24) is 4.90 Å². The van der Waals surface area contributed by atoms with E-state index in [1.807, 2.05) is 44.2 Å². The number of likely N-dealkylation sites (tertiary alicyclic amines) is 1. The Morgan fingerprint density at radius 3 is 2.18 bits per heavy atom. The molecular formula is C35H42ClN3O4S. The average Bonchev–Trinajstić information content (AvgIpc) is 3.58. The standard InChI is InChI=1S/C35H42ClN3O4S/c1-6-19-37(25-11-9-8-10-12-25)31(41)28-29-32(42)39(27(22-40)21-23(3)4)30(35(29)18-17-34(28,5)44-35)33(43)38(20-7-2)26-15-13-24(36)14-16-26/h6-16,23,27-30,40H,1-2,17-22H2,3-5H3/t27-,28-,29+,30?,34+,35?/m1/s1. The molecule has 44 heavy (non-hydrogen) atoms. The molecule has 7 nitrogen and oxygen atoms in total. The van der Waals surface area contributed by atoms with E-state index in [4.69, 9.17) is 11.6 Å². The van der Waals surface area contributed by atoms with Crippen molar-refractivity contribution in [2.24, 2.45) is 17.8 Å². The fourth-order valence-corrected chi connectivity index (χ4v) is 10.1. The number of amides is 3. The van der Waals surface area contributed by atoms with E-state index >= 15 is 0 Å². The molecule has 2 aromatic carbocycles. The van der Waals surface area contributed by atoms with Crippen LogP contribution in [0.15, 0.2) is 79.9 Å². The molecule has 1 N–H and O–H groups in total. The Labute approximate surface area is 269 Å². The number of benzene rings is 2. The number of carbonyl (C=O) groups excluding carboxylic acids is 3. The summed E-state index contributed by atoms with van der Waals surface area (Å²) in [7, 11) is 0. The normalized spacial score (nSPS) is 27.7. The van der Waals surface area contributed by atoms with Crippen molar-refractivity contribution in [3.05, 3.63) is 84.9 Å². The van der Waals surface area contributed by atoms with Gasteiger partial charge in [0.15, 0.2) is 0 Å². The maximum absolute atomic E-state index is 14.9. The van der Waals surface area contributed by atoms with Crippen molar-refractivity contribution in [3.8, 4) is 0 Å². The third-order valence-electron chi connectivity index (χ3n) is 9.42. The molecule has 3 aliphatic rings. The monoisotopic (exact) mass is 635 g/mol. The minimum absolute atomic E-state index is 0.135. The van der Waals surface area contributed by atoms with Crippen LogP contribution in [-0.4, -0.2) is 69.0 Å². The van der Waals surface area contributed by atoms with Crippen LogP contribution in [0.25, 0.3) is 0 Å². The summed E-state index contributed by atoms with van der Waals surface area (Å²) in [5, 5.41) is 11.2. The Morgan fingerprint density at radius 1 is 1.02 bits per heavy atom. The maximum Gasteiger partial charge on any atom is 0.251 e. The minimum Gasteiger partial charge on any atom is -0.394 e. The third-order valence-corrected chi connectivity index (χ3v) is 11.7. The second-order valence-corrected chi connectivity index (χ2v) is 15.1. The highest BCUT2D eigenvalue weighted by Gasteiger charge is 2.78. The van der Waals surface area contributed by atoms with E-state index in [0.29, 0.717) is 36.5 Å². The Bertz CT molecular complexity index is 1420. The molecule has 5 rings (SSSR count). The molecule has 0 radical (unpaired) electrons. The van der Waals surface area contributed by atoms with E-state index in [9.17, 15) is 19.5 Å². The van der Waals surface area contributed by atoms with Gasteiger partial charge < -0.3 is 19.8 Å². The van der Waals surface area contributed by atoms with Crippen LogP contribution in [0, 0.1) is 17.8 Å². The Kier molecular flexibility index (Phi) is 9.36. The second-order valence-electron chi connectivity index (χ2n) is 12.7. The first kappa shape index (κ1) is 32.3. The molecule has 3 saturated heterocycles. The molecule has 9 heteroatoms. The van der Waals surface area contributed by atoms with Crippen LogP contribution < -0.4 is 9.80 Å². The van der Waals surface area contributed by atoms with Gasteiger partial charge in [0.25, 0.3) is 5.91 Å². The summed E-state index contributed by atoms with van der Waals surface area (Å²) < 4.78 is -1.36. The van der Waals surface area contributed by atoms with E-state index < -0.39 is 33.4 Å². The van der Waals surface area contributed by atoms with Crippen molar-refractivity contribution in [2.45, 2.75) is 61.6 Å². The van der Waals surface area contributed by atoms with E-state index in [2.05, 4.69) is 20.1 Å². The Balaban J connectivity index is 1.64. The van der Waals surface area contributed by atoms with Gasteiger partial charge in [0.2, 0.25) is 11.8 Å². The second kappa shape index (κ2) is 12.7. The molecule has 6 atom stereocenters. The predicted octanol–water partition coefficient (Wildman–Crippen LogP) is 5.97. The first-order valence-corrected chi connectivity index (χ1v) is 16.5. The molecule has 234 valence electrons. The highest BCUT2D eigenvalue weighted by atomic mass is 35.5. The quantitative estimate of drug-likeness (QED) is 0.291. The summed E-state index contributed by atoms with van der Waals surface area (Å²) >= 11 is 7.81. The minimum atomic E-state index is -0.860. The molecule has 0 aromatic heterocycles. The summed E-state index contributed by atoms with van der Waals surface area (Å²) in [6.07, 6.45) is 5.21. The van der Waals surface area contributed by atoms with Gasteiger partial charge in [-0.25, -0.2) is 0 Å². The predicted molar refractivity (Wildman–Crippen MR) is 179 cm³/mol. The Hall–Kier alpha value is -3.07. The smallest absolute Gasteiger partial charge is 0.251 e. The number of hydrogen-bond acceptors (Lipinski definition) is 5. The van der Waals surface area contributed by atoms with Gasteiger partial charge in [-0.3, -0.25) is 14.4 Å². The zero-order valence-electron chi connectivity index (χ0n) is 25.7. The highest BCUT2D eigenvalue weighted by molar-refractivity contribution is 8.02. The van der Waals surface area contributed by atoms with Gasteiger partial charge in [0, 0.05) is 34.2 Å². The summed E-state index contributed by atoms with van der Waals surface area (Å²) in [6.45, 7) is 14.2. The summed E-state index contributed by atoms with van der Waals surface area (Å²) in [4.78, 5) is 49.3. The van der Waals surface area contributed by atoms with Crippen LogP contribution in [0.5, 0.6) is 0 Å². The number of hydrogen-bond donors (Lipinski definition) is 1. The lowest BCUT2D eigenvalue weighted by Crippen LogP contribution is -2.58. The number of halogens is 1. The number of thioether (sulfide) groups is 1. The average molecular weight is 636 g/mol. The SMILES string of the molecule is C=CCN(C(=O)C1N([C@@H](CO)CC(C)C)C(=O)[C@@H]2[C@H](C(=O)N(CC=C)c3ccccc3)[C@]3(C)CCC12S3)c1ccc(Cl)cc1.